The molecule has 0 aliphatic carbocycles. The number of ether oxygens (including phenoxy) is 2. The highest BCUT2D eigenvalue weighted by Gasteiger charge is 2.12. The first kappa shape index (κ1) is 19.6. The average molecular weight is 354 g/mol. The van der Waals surface area contributed by atoms with Crippen LogP contribution in [0.25, 0.3) is 6.08 Å². The van der Waals surface area contributed by atoms with Gasteiger partial charge in [0, 0.05) is 11.1 Å². The summed E-state index contributed by atoms with van der Waals surface area (Å²) in [6.45, 7) is 9.85. The summed E-state index contributed by atoms with van der Waals surface area (Å²) in [4.78, 5) is 12.3. The molecule has 2 rings (SSSR count). The Morgan fingerprint density at radius 2 is 1.46 bits per heavy atom. The zero-order valence-corrected chi connectivity index (χ0v) is 15.9. The van der Waals surface area contributed by atoms with Crippen LogP contribution in [0.2, 0.25) is 0 Å². The van der Waals surface area contributed by atoms with Crippen LogP contribution in [0, 0.1) is 6.92 Å². The van der Waals surface area contributed by atoms with E-state index in [1.807, 2.05) is 46.8 Å². The fraction of sp³-hybridized carbons (Fsp3) is 0.318. The molecular weight excluding hydrogens is 328 g/mol. The van der Waals surface area contributed by atoms with Gasteiger partial charge in [-0.1, -0.05) is 6.08 Å². The first-order valence-corrected chi connectivity index (χ1v) is 8.75. The van der Waals surface area contributed by atoms with E-state index in [9.17, 15) is 9.90 Å². The molecule has 0 unspecified atom stereocenters. The molecule has 0 spiro atoms. The SMILES string of the molecule is Cc1c(OC(C)C)cc(/C=C/C(=O)c2ccc(O)cc2)cc1OC(C)C. The van der Waals surface area contributed by atoms with Crippen LogP contribution < -0.4 is 9.47 Å². The second-order valence-electron chi connectivity index (χ2n) is 6.72. The van der Waals surface area contributed by atoms with E-state index in [2.05, 4.69) is 0 Å². The molecule has 0 aromatic heterocycles. The van der Waals surface area contributed by atoms with Crippen LogP contribution in [-0.2, 0) is 0 Å². The van der Waals surface area contributed by atoms with Gasteiger partial charge in [-0.25, -0.2) is 0 Å². The number of benzene rings is 2. The van der Waals surface area contributed by atoms with Gasteiger partial charge in [-0.15, -0.1) is 0 Å². The van der Waals surface area contributed by atoms with Gasteiger partial charge >= 0.3 is 0 Å². The van der Waals surface area contributed by atoms with Crippen LogP contribution in [0.4, 0.5) is 0 Å². The van der Waals surface area contributed by atoms with E-state index in [0.717, 1.165) is 22.6 Å². The molecule has 0 fully saturated rings. The Bertz CT molecular complexity index is 755. The van der Waals surface area contributed by atoms with Crippen molar-refractivity contribution in [1.82, 2.24) is 0 Å². The fourth-order valence-electron chi connectivity index (χ4n) is 2.43. The maximum absolute atomic E-state index is 12.3. The Labute approximate surface area is 155 Å². The molecular formula is C22H26O4. The number of phenols is 1. The Kier molecular flexibility index (Phi) is 6.45. The van der Waals surface area contributed by atoms with Crippen molar-refractivity contribution in [2.24, 2.45) is 0 Å². The van der Waals surface area contributed by atoms with Crippen LogP contribution >= 0.6 is 0 Å². The van der Waals surface area contributed by atoms with Crippen molar-refractivity contribution in [2.75, 3.05) is 0 Å². The molecule has 0 amide bonds. The minimum absolute atomic E-state index is 0.0402. The van der Waals surface area contributed by atoms with Crippen molar-refractivity contribution in [3.63, 3.8) is 0 Å². The van der Waals surface area contributed by atoms with Crippen molar-refractivity contribution >= 4 is 11.9 Å². The Morgan fingerprint density at radius 1 is 0.962 bits per heavy atom. The summed E-state index contributed by atoms with van der Waals surface area (Å²) >= 11 is 0. The van der Waals surface area contributed by atoms with E-state index in [1.54, 1.807) is 18.2 Å². The molecule has 4 nitrogen and oxygen atoms in total. The predicted molar refractivity (Wildman–Crippen MR) is 104 cm³/mol. The summed E-state index contributed by atoms with van der Waals surface area (Å²) in [6.07, 6.45) is 3.33. The van der Waals surface area contributed by atoms with Crippen LogP contribution in [0.5, 0.6) is 17.2 Å². The van der Waals surface area contributed by atoms with E-state index < -0.39 is 0 Å². The molecule has 4 heteroatoms. The molecule has 2 aromatic carbocycles. The number of allylic oxidation sites excluding steroid dienone is 1. The maximum Gasteiger partial charge on any atom is 0.185 e. The summed E-state index contributed by atoms with van der Waals surface area (Å²) in [5.74, 6) is 1.49. The molecule has 26 heavy (non-hydrogen) atoms. The summed E-state index contributed by atoms with van der Waals surface area (Å²) < 4.78 is 11.8. The Balaban J connectivity index is 2.31. The molecule has 0 saturated heterocycles. The van der Waals surface area contributed by atoms with Crippen molar-refractivity contribution < 1.29 is 19.4 Å². The van der Waals surface area contributed by atoms with E-state index in [-0.39, 0.29) is 23.7 Å². The fourth-order valence-corrected chi connectivity index (χ4v) is 2.43. The molecule has 0 heterocycles. The van der Waals surface area contributed by atoms with E-state index >= 15 is 0 Å². The monoisotopic (exact) mass is 354 g/mol. The first-order chi connectivity index (χ1) is 12.3. The minimum Gasteiger partial charge on any atom is -0.508 e. The molecule has 138 valence electrons. The van der Waals surface area contributed by atoms with Crippen LogP contribution in [-0.4, -0.2) is 23.1 Å². The lowest BCUT2D eigenvalue weighted by Crippen LogP contribution is -2.10. The largest absolute Gasteiger partial charge is 0.508 e. The van der Waals surface area contributed by atoms with Gasteiger partial charge in [0.2, 0.25) is 0 Å². The third kappa shape index (κ3) is 5.38. The van der Waals surface area contributed by atoms with Gasteiger partial charge in [0.1, 0.15) is 17.2 Å². The van der Waals surface area contributed by atoms with Crippen molar-refractivity contribution in [3.8, 4) is 17.2 Å². The molecule has 0 bridgehead atoms. The number of ketones is 1. The van der Waals surface area contributed by atoms with E-state index in [1.165, 1.54) is 18.2 Å². The number of aromatic hydroxyl groups is 1. The number of phenolic OH excluding ortho intramolecular Hbond substituents is 1. The summed E-state index contributed by atoms with van der Waals surface area (Å²) in [6, 6.07) is 9.99. The van der Waals surface area contributed by atoms with Gasteiger partial charge < -0.3 is 14.6 Å². The number of rotatable bonds is 7. The second kappa shape index (κ2) is 8.56. The molecule has 0 atom stereocenters. The average Bonchev–Trinajstić information content (AvgIpc) is 2.56. The Morgan fingerprint density at radius 3 is 1.92 bits per heavy atom. The van der Waals surface area contributed by atoms with E-state index in [4.69, 9.17) is 9.47 Å². The van der Waals surface area contributed by atoms with Gasteiger partial charge in [0.25, 0.3) is 0 Å². The number of carbonyl (C=O) groups is 1. The van der Waals surface area contributed by atoms with E-state index in [0.29, 0.717) is 5.56 Å². The molecule has 0 saturated carbocycles. The van der Waals surface area contributed by atoms with Crippen LogP contribution in [0.15, 0.2) is 42.5 Å². The summed E-state index contributed by atoms with van der Waals surface area (Å²) in [7, 11) is 0. The lowest BCUT2D eigenvalue weighted by molar-refractivity contribution is 0.104. The zero-order chi connectivity index (χ0) is 19.3. The third-order valence-corrected chi connectivity index (χ3v) is 3.64. The first-order valence-electron chi connectivity index (χ1n) is 8.75. The highest BCUT2D eigenvalue weighted by molar-refractivity contribution is 6.06. The molecule has 0 aliphatic rings. The number of carbonyl (C=O) groups excluding carboxylic acids is 1. The zero-order valence-electron chi connectivity index (χ0n) is 15.9. The standard InChI is InChI=1S/C22H26O4/c1-14(2)25-21-12-17(13-22(16(21)5)26-15(3)4)6-11-20(24)18-7-9-19(23)10-8-18/h6-15,23H,1-5H3/b11-6+. The van der Waals surface area contributed by atoms with Gasteiger partial charge in [0.15, 0.2) is 5.78 Å². The lowest BCUT2D eigenvalue weighted by Gasteiger charge is -2.18. The van der Waals surface area contributed by atoms with Crippen LogP contribution in [0.3, 0.4) is 0 Å². The summed E-state index contributed by atoms with van der Waals surface area (Å²) in [5.41, 5.74) is 2.28. The van der Waals surface area contributed by atoms with Gasteiger partial charge in [-0.3, -0.25) is 4.79 Å². The highest BCUT2D eigenvalue weighted by Crippen LogP contribution is 2.32. The normalized spacial score (nSPS) is 11.3. The van der Waals surface area contributed by atoms with Crippen molar-refractivity contribution in [1.29, 1.82) is 0 Å². The molecule has 0 aliphatic heterocycles. The smallest absolute Gasteiger partial charge is 0.185 e. The predicted octanol–water partition coefficient (Wildman–Crippen LogP) is 5.17. The molecule has 1 N–H and O–H groups in total. The lowest BCUT2D eigenvalue weighted by atomic mass is 10.1. The Hall–Kier alpha value is -2.75. The molecule has 0 radical (unpaired) electrons. The van der Waals surface area contributed by atoms with Gasteiger partial charge in [-0.05, 0) is 82.7 Å². The van der Waals surface area contributed by atoms with Gasteiger partial charge in [-0.2, -0.15) is 0 Å². The molecule has 2 aromatic rings. The summed E-state index contributed by atoms with van der Waals surface area (Å²) in [5, 5.41) is 9.32. The topological polar surface area (TPSA) is 55.8 Å². The minimum atomic E-state index is -0.136. The number of hydrogen-bond acceptors (Lipinski definition) is 4. The van der Waals surface area contributed by atoms with Crippen LogP contribution in [0.1, 0.15) is 49.2 Å². The quantitative estimate of drug-likeness (QED) is 0.550. The second-order valence-corrected chi connectivity index (χ2v) is 6.72. The highest BCUT2D eigenvalue weighted by atomic mass is 16.5. The van der Waals surface area contributed by atoms with Crippen molar-refractivity contribution in [3.05, 3.63) is 59.2 Å². The van der Waals surface area contributed by atoms with Crippen molar-refractivity contribution in [2.45, 2.75) is 46.8 Å². The number of hydrogen-bond donors (Lipinski definition) is 1. The maximum atomic E-state index is 12.3. The third-order valence-electron chi connectivity index (χ3n) is 3.64. The van der Waals surface area contributed by atoms with Gasteiger partial charge in [0.05, 0.1) is 12.2 Å².